The molecule has 1 heterocycles. The molecule has 1 aromatic heterocycles. The lowest BCUT2D eigenvalue weighted by atomic mass is 10.1. The van der Waals surface area contributed by atoms with Gasteiger partial charge in [0, 0.05) is 36.4 Å². The summed E-state index contributed by atoms with van der Waals surface area (Å²) in [5, 5.41) is 0. The molecule has 0 radical (unpaired) electrons. The summed E-state index contributed by atoms with van der Waals surface area (Å²) in [6, 6.07) is 14.5. The molecule has 1 amide bonds. The summed E-state index contributed by atoms with van der Waals surface area (Å²) in [5.41, 5.74) is 1.39. The molecule has 0 bridgehead atoms. The fourth-order valence-corrected chi connectivity index (χ4v) is 4.62. The molecule has 0 N–H and O–H groups in total. The summed E-state index contributed by atoms with van der Waals surface area (Å²) in [5.74, 6) is 0.633. The van der Waals surface area contributed by atoms with Crippen LogP contribution in [0.1, 0.15) is 43.8 Å². The summed E-state index contributed by atoms with van der Waals surface area (Å²) < 4.78 is 42.4. The summed E-state index contributed by atoms with van der Waals surface area (Å²) in [4.78, 5) is 16.8. The molecular weight excluding hydrogens is 468 g/mol. The van der Waals surface area contributed by atoms with E-state index in [1.807, 2.05) is 33.8 Å². The van der Waals surface area contributed by atoms with Gasteiger partial charge in [-0.2, -0.15) is 8.42 Å². The van der Waals surface area contributed by atoms with Crippen molar-refractivity contribution in [2.45, 2.75) is 45.2 Å². The molecule has 2 aromatic carbocycles. The van der Waals surface area contributed by atoms with E-state index in [2.05, 4.69) is 4.90 Å². The third-order valence-electron chi connectivity index (χ3n) is 5.68. The lowest BCUT2D eigenvalue weighted by molar-refractivity contribution is 0.0657. The number of ether oxygens (including phenoxy) is 1. The lowest BCUT2D eigenvalue weighted by Gasteiger charge is -2.28. The van der Waals surface area contributed by atoms with Gasteiger partial charge in [0.05, 0.1) is 19.9 Å². The van der Waals surface area contributed by atoms with E-state index >= 15 is 0 Å². The van der Waals surface area contributed by atoms with Crippen LogP contribution in [0.2, 0.25) is 0 Å². The highest BCUT2D eigenvalue weighted by Crippen LogP contribution is 2.31. The molecule has 9 heteroatoms. The monoisotopic (exact) mass is 500 g/mol. The highest BCUT2D eigenvalue weighted by Gasteiger charge is 2.25. The van der Waals surface area contributed by atoms with Crippen LogP contribution in [0.25, 0.3) is 0 Å². The predicted molar refractivity (Wildman–Crippen MR) is 135 cm³/mol. The Hall–Kier alpha value is -3.46. The maximum absolute atomic E-state index is 13.1. The minimum absolute atomic E-state index is 0.00451. The Labute approximate surface area is 207 Å². The molecule has 35 heavy (non-hydrogen) atoms. The van der Waals surface area contributed by atoms with Gasteiger partial charge in [0.25, 0.3) is 5.91 Å². The molecule has 0 aliphatic rings. The van der Waals surface area contributed by atoms with Crippen molar-refractivity contribution in [1.29, 1.82) is 0 Å². The standard InChI is InChI=1S/C26H32N2O6S/c1-6-27(7-2)21-11-10-20(18-28(19(3)4)26(29)24-9-8-16-33-24)25(17-21)34-35(30,31)23-14-12-22(32-5)13-15-23/h8-17,19H,6-7,18H2,1-5H3. The van der Waals surface area contributed by atoms with Gasteiger partial charge in [-0.3, -0.25) is 4.79 Å². The van der Waals surface area contributed by atoms with Gasteiger partial charge in [0.2, 0.25) is 0 Å². The molecule has 0 atom stereocenters. The van der Waals surface area contributed by atoms with Crippen LogP contribution in [0.15, 0.2) is 70.2 Å². The Balaban J connectivity index is 2.01. The first-order valence-electron chi connectivity index (χ1n) is 11.5. The molecule has 0 spiro atoms. The van der Waals surface area contributed by atoms with Crippen molar-refractivity contribution in [2.75, 3.05) is 25.1 Å². The highest BCUT2D eigenvalue weighted by molar-refractivity contribution is 7.87. The Morgan fingerprint density at radius 1 is 1.03 bits per heavy atom. The van der Waals surface area contributed by atoms with Crippen LogP contribution < -0.4 is 13.8 Å². The SMILES string of the molecule is CCN(CC)c1ccc(CN(C(=O)c2ccco2)C(C)C)c(OS(=O)(=O)c2ccc(OC)cc2)c1. The average molecular weight is 501 g/mol. The highest BCUT2D eigenvalue weighted by atomic mass is 32.2. The Morgan fingerprint density at radius 2 is 1.71 bits per heavy atom. The van der Waals surface area contributed by atoms with Crippen molar-refractivity contribution in [3.63, 3.8) is 0 Å². The minimum atomic E-state index is -4.13. The fourth-order valence-electron chi connectivity index (χ4n) is 3.66. The van der Waals surface area contributed by atoms with Gasteiger partial charge >= 0.3 is 10.1 Å². The van der Waals surface area contributed by atoms with E-state index in [0.29, 0.717) is 11.3 Å². The van der Waals surface area contributed by atoms with Crippen molar-refractivity contribution >= 4 is 21.7 Å². The van der Waals surface area contributed by atoms with Crippen LogP contribution in [-0.4, -0.2) is 45.5 Å². The zero-order chi connectivity index (χ0) is 25.6. The van der Waals surface area contributed by atoms with Gasteiger partial charge in [0.15, 0.2) is 5.76 Å². The van der Waals surface area contributed by atoms with E-state index in [1.165, 1.54) is 25.5 Å². The number of furan rings is 1. The fraction of sp³-hybridized carbons (Fsp3) is 0.346. The number of carbonyl (C=O) groups is 1. The zero-order valence-corrected chi connectivity index (χ0v) is 21.5. The van der Waals surface area contributed by atoms with E-state index in [9.17, 15) is 13.2 Å². The lowest BCUT2D eigenvalue weighted by Crippen LogP contribution is -2.36. The third-order valence-corrected chi connectivity index (χ3v) is 6.93. The predicted octanol–water partition coefficient (Wildman–Crippen LogP) is 4.95. The number of anilines is 1. The van der Waals surface area contributed by atoms with Crippen molar-refractivity contribution in [2.24, 2.45) is 0 Å². The molecule has 8 nitrogen and oxygen atoms in total. The van der Waals surface area contributed by atoms with E-state index < -0.39 is 10.1 Å². The molecule has 188 valence electrons. The summed E-state index contributed by atoms with van der Waals surface area (Å²) >= 11 is 0. The average Bonchev–Trinajstić information content (AvgIpc) is 3.38. The normalized spacial score (nSPS) is 11.4. The molecule has 0 unspecified atom stereocenters. The second-order valence-corrected chi connectivity index (χ2v) is 9.73. The van der Waals surface area contributed by atoms with Crippen LogP contribution in [-0.2, 0) is 16.7 Å². The van der Waals surface area contributed by atoms with Crippen molar-refractivity contribution in [1.82, 2.24) is 4.90 Å². The number of nitrogens with zero attached hydrogens (tertiary/aromatic N) is 2. The largest absolute Gasteiger partial charge is 0.497 e. The number of hydrogen-bond acceptors (Lipinski definition) is 7. The molecule has 0 saturated carbocycles. The second kappa shape index (κ2) is 11.3. The first kappa shape index (κ1) is 26.2. The first-order valence-corrected chi connectivity index (χ1v) is 12.9. The smallest absolute Gasteiger partial charge is 0.339 e. The van der Waals surface area contributed by atoms with Gasteiger partial charge in [-0.15, -0.1) is 0 Å². The van der Waals surface area contributed by atoms with E-state index in [4.69, 9.17) is 13.3 Å². The summed E-state index contributed by atoms with van der Waals surface area (Å²) in [6.45, 7) is 9.46. The number of rotatable bonds is 11. The Bertz CT molecular complexity index is 1220. The maximum Gasteiger partial charge on any atom is 0.339 e. The summed E-state index contributed by atoms with van der Waals surface area (Å²) in [7, 11) is -2.62. The maximum atomic E-state index is 13.1. The van der Waals surface area contributed by atoms with Crippen LogP contribution in [0, 0.1) is 0 Å². The summed E-state index contributed by atoms with van der Waals surface area (Å²) in [6.07, 6.45) is 1.45. The van der Waals surface area contributed by atoms with Crippen LogP contribution >= 0.6 is 0 Å². The molecule has 0 saturated heterocycles. The third kappa shape index (κ3) is 6.16. The second-order valence-electron chi connectivity index (χ2n) is 8.18. The van der Waals surface area contributed by atoms with Gasteiger partial charge < -0.3 is 23.1 Å². The number of benzene rings is 2. The van der Waals surface area contributed by atoms with Crippen molar-refractivity contribution < 1.29 is 26.5 Å². The molecular formula is C26H32N2O6S. The van der Waals surface area contributed by atoms with E-state index in [-0.39, 0.29) is 34.9 Å². The number of amides is 1. The Morgan fingerprint density at radius 3 is 2.26 bits per heavy atom. The molecule has 0 fully saturated rings. The molecule has 0 aliphatic carbocycles. The van der Waals surface area contributed by atoms with Crippen LogP contribution in [0.5, 0.6) is 11.5 Å². The zero-order valence-electron chi connectivity index (χ0n) is 20.7. The number of carbonyl (C=O) groups excluding carboxylic acids is 1. The van der Waals surface area contributed by atoms with E-state index in [1.54, 1.807) is 41.3 Å². The van der Waals surface area contributed by atoms with Gasteiger partial charge in [-0.25, -0.2) is 0 Å². The first-order chi connectivity index (χ1) is 16.7. The quantitative estimate of drug-likeness (QED) is 0.344. The van der Waals surface area contributed by atoms with Crippen molar-refractivity contribution in [3.8, 4) is 11.5 Å². The molecule has 3 aromatic rings. The topological polar surface area (TPSA) is 89.3 Å². The molecule has 3 rings (SSSR count). The number of hydrogen-bond donors (Lipinski definition) is 0. The van der Waals surface area contributed by atoms with Crippen LogP contribution in [0.4, 0.5) is 5.69 Å². The van der Waals surface area contributed by atoms with Crippen molar-refractivity contribution in [3.05, 3.63) is 72.2 Å². The van der Waals surface area contributed by atoms with Crippen LogP contribution in [0.3, 0.4) is 0 Å². The van der Waals surface area contributed by atoms with Gasteiger partial charge in [-0.05, 0) is 70.2 Å². The van der Waals surface area contributed by atoms with Gasteiger partial charge in [-0.1, -0.05) is 6.07 Å². The number of methoxy groups -OCH3 is 1. The molecule has 0 aliphatic heterocycles. The van der Waals surface area contributed by atoms with E-state index in [0.717, 1.165) is 18.8 Å². The Kier molecular flexibility index (Phi) is 8.45. The minimum Gasteiger partial charge on any atom is -0.497 e. The van der Waals surface area contributed by atoms with Gasteiger partial charge in [0.1, 0.15) is 16.4 Å².